The number of unbranched alkanes of at least 4 members (excludes halogenated alkanes) is 1. The molecular formula is C8H17N3S. The summed E-state index contributed by atoms with van der Waals surface area (Å²) in [5, 5.41) is 5.91. The predicted octanol–water partition coefficient (Wildman–Crippen LogP) is 1.22. The van der Waals surface area contributed by atoms with E-state index >= 15 is 0 Å². The molecule has 0 amide bonds. The number of hydrogen-bond acceptors (Lipinski definition) is 2. The van der Waals surface area contributed by atoms with Crippen LogP contribution in [0.2, 0.25) is 0 Å². The zero-order valence-corrected chi connectivity index (χ0v) is 8.79. The summed E-state index contributed by atoms with van der Waals surface area (Å²) >= 11 is 5.09. The minimum atomic E-state index is -0.0259. The summed E-state index contributed by atoms with van der Waals surface area (Å²) in [6.45, 7) is 4.33. The maximum Gasteiger partial charge on any atom is 0.184 e. The average molecular weight is 187 g/mol. The molecule has 0 spiro atoms. The van der Waals surface area contributed by atoms with Gasteiger partial charge in [0.25, 0.3) is 0 Å². The van der Waals surface area contributed by atoms with E-state index in [-0.39, 0.29) is 5.66 Å². The molecule has 1 aliphatic rings. The maximum absolute atomic E-state index is 5.09. The van der Waals surface area contributed by atoms with Crippen LogP contribution in [-0.4, -0.2) is 22.8 Å². The largest absolute Gasteiger partial charge is 0.342 e. The van der Waals surface area contributed by atoms with Gasteiger partial charge in [-0.2, -0.15) is 0 Å². The molecule has 2 N–H and O–H groups in total. The number of rotatable bonds is 3. The van der Waals surface area contributed by atoms with Gasteiger partial charge < -0.3 is 5.32 Å². The Morgan fingerprint density at radius 3 is 2.67 bits per heavy atom. The Kier molecular flexibility index (Phi) is 2.90. The highest BCUT2D eigenvalue weighted by atomic mass is 32.1. The Morgan fingerprint density at radius 2 is 2.25 bits per heavy atom. The lowest BCUT2D eigenvalue weighted by Crippen LogP contribution is -2.47. The van der Waals surface area contributed by atoms with Crippen molar-refractivity contribution in [2.45, 2.75) is 38.8 Å². The molecule has 0 radical (unpaired) electrons. The summed E-state index contributed by atoms with van der Waals surface area (Å²) in [5.74, 6) is 0. The number of hydrazine groups is 1. The normalized spacial score (nSPS) is 29.2. The molecule has 0 aromatic carbocycles. The number of nitrogens with zero attached hydrogens (tertiary/aromatic N) is 1. The third-order valence-corrected chi connectivity index (χ3v) is 2.51. The van der Waals surface area contributed by atoms with Crippen LogP contribution in [0.3, 0.4) is 0 Å². The van der Waals surface area contributed by atoms with Crippen molar-refractivity contribution in [1.82, 2.24) is 15.8 Å². The Balaban J connectivity index is 2.46. The van der Waals surface area contributed by atoms with Crippen LogP contribution < -0.4 is 10.7 Å². The molecule has 0 aliphatic carbocycles. The minimum Gasteiger partial charge on any atom is -0.342 e. The first-order chi connectivity index (χ1) is 5.57. The van der Waals surface area contributed by atoms with E-state index < -0.39 is 0 Å². The van der Waals surface area contributed by atoms with Crippen LogP contribution in [0.4, 0.5) is 0 Å². The quantitative estimate of drug-likeness (QED) is 0.650. The second kappa shape index (κ2) is 3.58. The van der Waals surface area contributed by atoms with E-state index in [1.807, 2.05) is 12.1 Å². The Labute approximate surface area is 79.5 Å². The topological polar surface area (TPSA) is 27.3 Å². The molecule has 0 aromatic heterocycles. The molecule has 3 nitrogen and oxygen atoms in total. The van der Waals surface area contributed by atoms with E-state index in [4.69, 9.17) is 12.2 Å². The van der Waals surface area contributed by atoms with Crippen molar-refractivity contribution in [3.05, 3.63) is 0 Å². The van der Waals surface area contributed by atoms with Gasteiger partial charge in [0, 0.05) is 7.05 Å². The third-order valence-electron chi connectivity index (χ3n) is 2.13. The van der Waals surface area contributed by atoms with Gasteiger partial charge in [-0.05, 0) is 32.0 Å². The minimum absolute atomic E-state index is 0.0259. The molecule has 0 unspecified atom stereocenters. The first-order valence-electron chi connectivity index (χ1n) is 4.41. The van der Waals surface area contributed by atoms with E-state index in [9.17, 15) is 0 Å². The molecular weight excluding hydrogens is 170 g/mol. The molecule has 0 bridgehead atoms. The summed E-state index contributed by atoms with van der Waals surface area (Å²) < 4.78 is 0. The highest BCUT2D eigenvalue weighted by Crippen LogP contribution is 2.15. The molecule has 70 valence electrons. The fourth-order valence-corrected chi connectivity index (χ4v) is 1.69. The summed E-state index contributed by atoms with van der Waals surface area (Å²) in [4.78, 5) is 0. The van der Waals surface area contributed by atoms with Crippen LogP contribution in [-0.2, 0) is 0 Å². The van der Waals surface area contributed by atoms with Gasteiger partial charge in [-0.25, -0.2) is 5.43 Å². The van der Waals surface area contributed by atoms with E-state index in [2.05, 4.69) is 24.6 Å². The van der Waals surface area contributed by atoms with Crippen LogP contribution in [0.1, 0.15) is 33.1 Å². The first-order valence-corrected chi connectivity index (χ1v) is 4.82. The summed E-state index contributed by atoms with van der Waals surface area (Å²) in [7, 11) is 1.94. The zero-order valence-electron chi connectivity index (χ0n) is 7.98. The smallest absolute Gasteiger partial charge is 0.184 e. The lowest BCUT2D eigenvalue weighted by molar-refractivity contribution is 0.243. The van der Waals surface area contributed by atoms with Gasteiger partial charge in [0.05, 0.1) is 0 Å². The Morgan fingerprint density at radius 1 is 1.58 bits per heavy atom. The summed E-state index contributed by atoms with van der Waals surface area (Å²) in [5.41, 5.74) is 3.27. The monoisotopic (exact) mass is 187 g/mol. The van der Waals surface area contributed by atoms with E-state index in [0.29, 0.717) is 0 Å². The molecule has 12 heavy (non-hydrogen) atoms. The molecule has 1 saturated heterocycles. The Bertz CT molecular complexity index is 183. The van der Waals surface area contributed by atoms with Gasteiger partial charge in [-0.1, -0.05) is 13.3 Å². The zero-order chi connectivity index (χ0) is 9.19. The Hall–Kier alpha value is -0.350. The molecule has 1 atom stereocenters. The fraction of sp³-hybridized carbons (Fsp3) is 0.875. The lowest BCUT2D eigenvalue weighted by atomic mass is 10.1. The third kappa shape index (κ3) is 2.08. The van der Waals surface area contributed by atoms with E-state index in [0.717, 1.165) is 11.5 Å². The van der Waals surface area contributed by atoms with Crippen molar-refractivity contribution in [2.75, 3.05) is 7.05 Å². The van der Waals surface area contributed by atoms with Crippen molar-refractivity contribution in [3.63, 3.8) is 0 Å². The van der Waals surface area contributed by atoms with E-state index in [1.54, 1.807) is 0 Å². The van der Waals surface area contributed by atoms with E-state index in [1.165, 1.54) is 12.8 Å². The molecule has 1 rings (SSSR count). The van der Waals surface area contributed by atoms with Crippen LogP contribution in [0.25, 0.3) is 0 Å². The number of thiocarbonyl (C=S) groups is 1. The predicted molar refractivity (Wildman–Crippen MR) is 54.6 cm³/mol. The van der Waals surface area contributed by atoms with Gasteiger partial charge in [0.1, 0.15) is 5.66 Å². The van der Waals surface area contributed by atoms with Crippen molar-refractivity contribution in [1.29, 1.82) is 0 Å². The van der Waals surface area contributed by atoms with Crippen molar-refractivity contribution in [2.24, 2.45) is 0 Å². The molecule has 1 heterocycles. The highest BCUT2D eigenvalue weighted by molar-refractivity contribution is 7.80. The SMILES string of the molecule is CCCC[C@]1(C)NC(=S)N(C)N1. The number of nitrogens with one attached hydrogen (secondary N) is 2. The van der Waals surface area contributed by atoms with Gasteiger partial charge in [-0.3, -0.25) is 5.01 Å². The standard InChI is InChI=1S/C8H17N3S/c1-4-5-6-8(2)9-7(12)11(3)10-8/h10H,4-6H2,1-3H3,(H,9,12)/t8-/m1/s1. The molecule has 0 saturated carbocycles. The van der Waals surface area contributed by atoms with Gasteiger partial charge in [0.2, 0.25) is 0 Å². The van der Waals surface area contributed by atoms with Gasteiger partial charge in [-0.15, -0.1) is 0 Å². The van der Waals surface area contributed by atoms with Crippen molar-refractivity contribution in [3.8, 4) is 0 Å². The second-order valence-corrected chi connectivity index (χ2v) is 3.92. The molecule has 1 fully saturated rings. The van der Waals surface area contributed by atoms with Crippen molar-refractivity contribution >= 4 is 17.3 Å². The lowest BCUT2D eigenvalue weighted by Gasteiger charge is -2.24. The molecule has 1 aliphatic heterocycles. The van der Waals surface area contributed by atoms with Crippen LogP contribution in [0.15, 0.2) is 0 Å². The number of hydrogen-bond donors (Lipinski definition) is 2. The van der Waals surface area contributed by atoms with Crippen LogP contribution in [0, 0.1) is 0 Å². The summed E-state index contributed by atoms with van der Waals surface area (Å²) in [6.07, 6.45) is 3.54. The maximum atomic E-state index is 5.09. The highest BCUT2D eigenvalue weighted by Gasteiger charge is 2.32. The van der Waals surface area contributed by atoms with Crippen molar-refractivity contribution < 1.29 is 0 Å². The van der Waals surface area contributed by atoms with Gasteiger partial charge >= 0.3 is 0 Å². The molecule has 0 aromatic rings. The summed E-state index contributed by atoms with van der Waals surface area (Å²) in [6, 6.07) is 0. The van der Waals surface area contributed by atoms with Crippen LogP contribution in [0.5, 0.6) is 0 Å². The van der Waals surface area contributed by atoms with Gasteiger partial charge in [0.15, 0.2) is 5.11 Å². The molecule has 4 heteroatoms. The second-order valence-electron chi connectivity index (χ2n) is 3.54. The fourth-order valence-electron chi connectivity index (χ4n) is 1.42. The van der Waals surface area contributed by atoms with Crippen LogP contribution >= 0.6 is 12.2 Å². The average Bonchev–Trinajstić information content (AvgIpc) is 2.24. The first kappa shape index (κ1) is 9.74.